The fourth-order valence-corrected chi connectivity index (χ4v) is 4.56. The van der Waals surface area contributed by atoms with E-state index in [1.165, 1.54) is 0 Å². The molecule has 6 nitrogen and oxygen atoms in total. The average molecular weight is 405 g/mol. The van der Waals surface area contributed by atoms with E-state index in [0.29, 0.717) is 26.3 Å². The number of ether oxygens (including phenoxy) is 1. The van der Waals surface area contributed by atoms with Crippen molar-refractivity contribution in [2.45, 2.75) is 18.0 Å². The SMILES string of the molecule is N#C[C@@H](N[C@@H](CO)c1ccccc1)[C@@H]1[C@H](C(=O)N2CCOCC2)[C@H]1c1ccccc1. The molecule has 2 fully saturated rings. The molecule has 2 aromatic rings. The molecule has 0 aromatic heterocycles. The van der Waals surface area contributed by atoms with E-state index in [9.17, 15) is 15.2 Å². The third-order valence-corrected chi connectivity index (χ3v) is 6.16. The maximum atomic E-state index is 13.3. The number of rotatable bonds is 7. The zero-order chi connectivity index (χ0) is 20.9. The first kappa shape index (κ1) is 20.5. The van der Waals surface area contributed by atoms with E-state index in [-0.39, 0.29) is 36.3 Å². The minimum atomic E-state index is -0.539. The third-order valence-electron chi connectivity index (χ3n) is 6.16. The van der Waals surface area contributed by atoms with Crippen molar-refractivity contribution < 1.29 is 14.6 Å². The van der Waals surface area contributed by atoms with Crippen molar-refractivity contribution >= 4 is 5.91 Å². The molecular weight excluding hydrogens is 378 g/mol. The Morgan fingerprint density at radius 3 is 2.37 bits per heavy atom. The van der Waals surface area contributed by atoms with Crippen LogP contribution in [0.2, 0.25) is 0 Å². The zero-order valence-electron chi connectivity index (χ0n) is 16.9. The van der Waals surface area contributed by atoms with E-state index >= 15 is 0 Å². The molecule has 1 aliphatic heterocycles. The van der Waals surface area contributed by atoms with Crippen LogP contribution in [-0.2, 0) is 9.53 Å². The number of carbonyl (C=O) groups is 1. The minimum Gasteiger partial charge on any atom is -0.394 e. The van der Waals surface area contributed by atoms with E-state index in [2.05, 4.69) is 11.4 Å². The van der Waals surface area contributed by atoms with Crippen LogP contribution in [0, 0.1) is 23.2 Å². The largest absolute Gasteiger partial charge is 0.394 e. The molecular formula is C24H27N3O3. The van der Waals surface area contributed by atoms with Gasteiger partial charge in [-0.1, -0.05) is 60.7 Å². The summed E-state index contributed by atoms with van der Waals surface area (Å²) < 4.78 is 5.39. The predicted molar refractivity (Wildman–Crippen MR) is 112 cm³/mol. The number of aliphatic hydroxyl groups excluding tert-OH is 1. The van der Waals surface area contributed by atoms with Gasteiger partial charge in [0.2, 0.25) is 5.91 Å². The Hall–Kier alpha value is -2.72. The van der Waals surface area contributed by atoms with Crippen LogP contribution >= 0.6 is 0 Å². The lowest BCUT2D eigenvalue weighted by atomic mass is 10.0. The Morgan fingerprint density at radius 2 is 1.77 bits per heavy atom. The summed E-state index contributed by atoms with van der Waals surface area (Å²) in [6, 6.07) is 21.0. The summed E-state index contributed by atoms with van der Waals surface area (Å²) in [5, 5.41) is 23.2. The van der Waals surface area contributed by atoms with Crippen molar-refractivity contribution in [1.29, 1.82) is 5.26 Å². The molecule has 0 bridgehead atoms. The second-order valence-electron chi connectivity index (χ2n) is 7.90. The Labute approximate surface area is 177 Å². The molecule has 156 valence electrons. The van der Waals surface area contributed by atoms with Crippen LogP contribution in [-0.4, -0.2) is 54.9 Å². The number of hydrogen-bond donors (Lipinski definition) is 2. The van der Waals surface area contributed by atoms with Crippen molar-refractivity contribution in [3.05, 3.63) is 71.8 Å². The summed E-state index contributed by atoms with van der Waals surface area (Å²) in [7, 11) is 0. The predicted octanol–water partition coefficient (Wildman–Crippen LogP) is 2.09. The molecule has 6 heteroatoms. The molecule has 5 atom stereocenters. The summed E-state index contributed by atoms with van der Waals surface area (Å²) in [5.74, 6) is -0.281. The number of morpholine rings is 1. The highest BCUT2D eigenvalue weighted by Crippen LogP contribution is 2.56. The van der Waals surface area contributed by atoms with Crippen LogP contribution in [0.1, 0.15) is 23.1 Å². The second-order valence-corrected chi connectivity index (χ2v) is 7.90. The third kappa shape index (κ3) is 4.24. The second kappa shape index (κ2) is 9.40. The number of benzene rings is 2. The Balaban J connectivity index is 1.56. The van der Waals surface area contributed by atoms with Gasteiger partial charge in [-0.05, 0) is 11.1 Å². The van der Waals surface area contributed by atoms with Gasteiger partial charge in [-0.3, -0.25) is 10.1 Å². The van der Waals surface area contributed by atoms with Crippen LogP contribution < -0.4 is 5.32 Å². The van der Waals surface area contributed by atoms with Gasteiger partial charge in [-0.15, -0.1) is 0 Å². The minimum absolute atomic E-state index is 0.00573. The number of aliphatic hydroxyl groups is 1. The molecule has 30 heavy (non-hydrogen) atoms. The van der Waals surface area contributed by atoms with E-state index in [4.69, 9.17) is 4.74 Å². The van der Waals surface area contributed by atoms with Crippen LogP contribution in [0.3, 0.4) is 0 Å². The Morgan fingerprint density at radius 1 is 1.13 bits per heavy atom. The van der Waals surface area contributed by atoms with Crippen molar-refractivity contribution in [3.63, 3.8) is 0 Å². The van der Waals surface area contributed by atoms with Crippen LogP contribution in [0.5, 0.6) is 0 Å². The maximum Gasteiger partial charge on any atom is 0.226 e. The van der Waals surface area contributed by atoms with Crippen LogP contribution in [0.25, 0.3) is 0 Å². The summed E-state index contributed by atoms with van der Waals surface area (Å²) in [5.41, 5.74) is 2.00. The smallest absolute Gasteiger partial charge is 0.226 e. The van der Waals surface area contributed by atoms with Crippen molar-refractivity contribution in [3.8, 4) is 6.07 Å². The highest BCUT2D eigenvalue weighted by molar-refractivity contribution is 5.84. The molecule has 2 N–H and O–H groups in total. The molecule has 1 saturated heterocycles. The number of hydrogen-bond acceptors (Lipinski definition) is 5. The van der Waals surface area contributed by atoms with Crippen LogP contribution in [0.4, 0.5) is 0 Å². The highest BCUT2D eigenvalue weighted by atomic mass is 16.5. The van der Waals surface area contributed by atoms with Crippen molar-refractivity contribution in [2.75, 3.05) is 32.9 Å². The monoisotopic (exact) mass is 405 g/mol. The first-order valence-corrected chi connectivity index (χ1v) is 10.5. The fourth-order valence-electron chi connectivity index (χ4n) is 4.56. The van der Waals surface area contributed by atoms with Gasteiger partial charge in [-0.2, -0.15) is 5.26 Å². The van der Waals surface area contributed by atoms with E-state index in [1.807, 2.05) is 65.6 Å². The first-order valence-electron chi connectivity index (χ1n) is 10.5. The topological polar surface area (TPSA) is 85.6 Å². The highest BCUT2D eigenvalue weighted by Gasteiger charge is 2.60. The first-order chi connectivity index (χ1) is 14.7. The molecule has 0 unspecified atom stereocenters. The lowest BCUT2D eigenvalue weighted by Gasteiger charge is -2.27. The maximum absolute atomic E-state index is 13.3. The van der Waals surface area contributed by atoms with Gasteiger partial charge in [0.15, 0.2) is 0 Å². The van der Waals surface area contributed by atoms with Gasteiger partial charge in [0, 0.05) is 24.9 Å². The standard InChI is InChI=1S/C24H27N3O3/c25-15-19(26-20(16-28)17-7-3-1-4-8-17)22-21(18-9-5-2-6-10-18)23(22)24(29)27-11-13-30-14-12-27/h1-10,19-23,26,28H,11-14,16H2/t19-,20+,21+,22+,23-/m1/s1. The van der Waals surface area contributed by atoms with Crippen LogP contribution in [0.15, 0.2) is 60.7 Å². The molecule has 1 heterocycles. The Kier molecular flexibility index (Phi) is 6.44. The summed E-state index contributed by atoms with van der Waals surface area (Å²) >= 11 is 0. The van der Waals surface area contributed by atoms with E-state index < -0.39 is 6.04 Å². The normalized spacial score (nSPS) is 25.2. The van der Waals surface area contributed by atoms with Gasteiger partial charge in [0.05, 0.1) is 37.8 Å². The molecule has 1 amide bonds. The molecule has 1 saturated carbocycles. The fraction of sp³-hybridized carbons (Fsp3) is 0.417. The number of nitriles is 1. The summed E-state index contributed by atoms with van der Waals surface area (Å²) in [6.07, 6.45) is 0. The van der Waals surface area contributed by atoms with Gasteiger partial charge < -0.3 is 14.7 Å². The number of nitrogens with one attached hydrogen (secondary N) is 1. The van der Waals surface area contributed by atoms with Gasteiger partial charge in [-0.25, -0.2) is 0 Å². The van der Waals surface area contributed by atoms with Gasteiger partial charge >= 0.3 is 0 Å². The number of carbonyl (C=O) groups excluding carboxylic acids is 1. The number of amides is 1. The molecule has 0 radical (unpaired) electrons. The summed E-state index contributed by atoms with van der Waals surface area (Å²) in [4.78, 5) is 15.1. The molecule has 2 aliphatic rings. The lowest BCUT2D eigenvalue weighted by Crippen LogP contribution is -2.43. The van der Waals surface area contributed by atoms with Crippen molar-refractivity contribution in [1.82, 2.24) is 10.2 Å². The average Bonchev–Trinajstić information content (AvgIpc) is 3.56. The lowest BCUT2D eigenvalue weighted by molar-refractivity contribution is -0.137. The Bertz CT molecular complexity index is 878. The van der Waals surface area contributed by atoms with E-state index in [1.54, 1.807) is 0 Å². The van der Waals surface area contributed by atoms with Gasteiger partial charge in [0.1, 0.15) is 6.04 Å². The molecule has 4 rings (SSSR count). The quantitative estimate of drug-likeness (QED) is 0.737. The van der Waals surface area contributed by atoms with Gasteiger partial charge in [0.25, 0.3) is 0 Å². The number of nitrogens with zero attached hydrogens (tertiary/aromatic N) is 2. The summed E-state index contributed by atoms with van der Waals surface area (Å²) in [6.45, 7) is 2.18. The molecule has 0 spiro atoms. The zero-order valence-corrected chi connectivity index (χ0v) is 16.9. The molecule has 1 aliphatic carbocycles. The van der Waals surface area contributed by atoms with E-state index in [0.717, 1.165) is 11.1 Å². The van der Waals surface area contributed by atoms with Crippen molar-refractivity contribution in [2.24, 2.45) is 11.8 Å². The molecule has 2 aromatic carbocycles.